The molecule has 1 aliphatic rings. The molecule has 0 saturated heterocycles. The Morgan fingerprint density at radius 3 is 2.86 bits per heavy atom. The van der Waals surface area contributed by atoms with Gasteiger partial charge in [-0.3, -0.25) is 0 Å². The number of fused-ring (bicyclic) bond motifs is 1. The zero-order chi connectivity index (χ0) is 15.9. The van der Waals surface area contributed by atoms with Crippen molar-refractivity contribution in [3.63, 3.8) is 0 Å². The smallest absolute Gasteiger partial charge is 0.147 e. The standard InChI is InChI=1S/C18H17FN2S/c1-11(2)9-21-10-15(7-16(19)12(21)3)14-5-6-17-18(8-14)22-13(4)20-17/h5-10H,3H2,1-2,4H3. The van der Waals surface area contributed by atoms with Gasteiger partial charge in [-0.15, -0.1) is 11.3 Å². The van der Waals surface area contributed by atoms with Gasteiger partial charge in [0, 0.05) is 18.0 Å². The molecule has 0 fully saturated rings. The lowest BCUT2D eigenvalue weighted by molar-refractivity contribution is 0.543. The van der Waals surface area contributed by atoms with Gasteiger partial charge in [-0.25, -0.2) is 9.37 Å². The van der Waals surface area contributed by atoms with E-state index >= 15 is 0 Å². The first-order valence-corrected chi connectivity index (χ1v) is 7.85. The molecule has 2 heterocycles. The molecule has 4 heteroatoms. The van der Waals surface area contributed by atoms with Crippen molar-refractivity contribution in [2.45, 2.75) is 20.8 Å². The van der Waals surface area contributed by atoms with Crippen LogP contribution in [0.1, 0.15) is 24.4 Å². The number of hydrogen-bond acceptors (Lipinski definition) is 3. The Labute approximate surface area is 133 Å². The Kier molecular flexibility index (Phi) is 3.71. The Morgan fingerprint density at radius 2 is 2.14 bits per heavy atom. The largest absolute Gasteiger partial charge is 0.321 e. The number of thiazole rings is 1. The van der Waals surface area contributed by atoms with E-state index in [1.54, 1.807) is 16.2 Å². The van der Waals surface area contributed by atoms with E-state index in [0.29, 0.717) is 5.70 Å². The molecule has 1 aromatic heterocycles. The maximum Gasteiger partial charge on any atom is 0.147 e. The van der Waals surface area contributed by atoms with Crippen molar-refractivity contribution in [2.75, 3.05) is 0 Å². The summed E-state index contributed by atoms with van der Waals surface area (Å²) in [4.78, 5) is 6.19. The second-order valence-electron chi connectivity index (χ2n) is 5.55. The first-order chi connectivity index (χ1) is 10.4. The van der Waals surface area contributed by atoms with Crippen LogP contribution in [0.15, 0.2) is 60.4 Å². The van der Waals surface area contributed by atoms with Crippen molar-refractivity contribution >= 4 is 27.1 Å². The highest BCUT2D eigenvalue weighted by Crippen LogP contribution is 2.32. The van der Waals surface area contributed by atoms with E-state index in [9.17, 15) is 4.39 Å². The van der Waals surface area contributed by atoms with E-state index in [0.717, 1.165) is 31.9 Å². The third-order valence-electron chi connectivity index (χ3n) is 3.37. The summed E-state index contributed by atoms with van der Waals surface area (Å²) in [5, 5.41) is 1.03. The number of halogens is 1. The van der Waals surface area contributed by atoms with Gasteiger partial charge in [-0.1, -0.05) is 18.2 Å². The molecule has 22 heavy (non-hydrogen) atoms. The number of aromatic nitrogens is 1. The van der Waals surface area contributed by atoms with Crippen LogP contribution in [0.25, 0.3) is 15.8 Å². The second kappa shape index (κ2) is 5.54. The average molecular weight is 312 g/mol. The fourth-order valence-corrected chi connectivity index (χ4v) is 3.25. The molecule has 0 bridgehead atoms. The van der Waals surface area contributed by atoms with Gasteiger partial charge in [-0.2, -0.15) is 0 Å². The molecule has 0 unspecified atom stereocenters. The van der Waals surface area contributed by atoms with E-state index in [1.165, 1.54) is 6.08 Å². The zero-order valence-corrected chi connectivity index (χ0v) is 13.7. The van der Waals surface area contributed by atoms with Crippen molar-refractivity contribution in [1.29, 1.82) is 0 Å². The van der Waals surface area contributed by atoms with E-state index in [4.69, 9.17) is 0 Å². The Balaban J connectivity index is 2.07. The van der Waals surface area contributed by atoms with Crippen molar-refractivity contribution in [3.05, 3.63) is 70.9 Å². The highest BCUT2D eigenvalue weighted by molar-refractivity contribution is 7.18. The Morgan fingerprint density at radius 1 is 1.36 bits per heavy atom. The number of aryl methyl sites for hydroxylation is 1. The maximum atomic E-state index is 14.2. The molecule has 1 aliphatic heterocycles. The zero-order valence-electron chi connectivity index (χ0n) is 12.9. The fraction of sp³-hybridized carbons (Fsp3) is 0.167. The minimum Gasteiger partial charge on any atom is -0.321 e. The molecule has 2 nitrogen and oxygen atoms in total. The Hall–Kier alpha value is -2.20. The van der Waals surface area contributed by atoms with Crippen molar-refractivity contribution in [1.82, 2.24) is 9.88 Å². The summed E-state index contributed by atoms with van der Waals surface area (Å²) in [5.74, 6) is -0.310. The lowest BCUT2D eigenvalue weighted by Gasteiger charge is -2.23. The predicted molar refractivity (Wildman–Crippen MR) is 91.9 cm³/mol. The molecule has 0 amide bonds. The molecule has 1 aromatic carbocycles. The van der Waals surface area contributed by atoms with Crippen LogP contribution >= 0.6 is 11.3 Å². The van der Waals surface area contributed by atoms with Crippen LogP contribution in [0.3, 0.4) is 0 Å². The van der Waals surface area contributed by atoms with Gasteiger partial charge in [-0.05, 0) is 44.5 Å². The SMILES string of the molecule is C=C1C(F)=CC(c2ccc3nc(C)sc3c2)=CN1C=C(C)C. The van der Waals surface area contributed by atoms with E-state index < -0.39 is 0 Å². The normalized spacial score (nSPS) is 14.9. The lowest BCUT2D eigenvalue weighted by Crippen LogP contribution is -2.13. The van der Waals surface area contributed by atoms with Gasteiger partial charge >= 0.3 is 0 Å². The summed E-state index contributed by atoms with van der Waals surface area (Å²) >= 11 is 1.65. The van der Waals surface area contributed by atoms with Crippen molar-refractivity contribution in [3.8, 4) is 0 Å². The molecule has 112 valence electrons. The molecule has 0 N–H and O–H groups in total. The number of allylic oxidation sites excluding steroid dienone is 4. The number of rotatable bonds is 2. The molecule has 0 spiro atoms. The molecule has 0 radical (unpaired) electrons. The van der Waals surface area contributed by atoms with Crippen LogP contribution < -0.4 is 0 Å². The molecule has 2 aromatic rings. The summed E-state index contributed by atoms with van der Waals surface area (Å²) in [7, 11) is 0. The van der Waals surface area contributed by atoms with Gasteiger partial charge in [0.2, 0.25) is 0 Å². The van der Waals surface area contributed by atoms with Crippen LogP contribution in [0.2, 0.25) is 0 Å². The third kappa shape index (κ3) is 2.74. The monoisotopic (exact) mass is 312 g/mol. The maximum absolute atomic E-state index is 14.2. The summed E-state index contributed by atoms with van der Waals surface area (Å²) in [6, 6.07) is 6.02. The molecule has 3 rings (SSSR count). The predicted octanol–water partition coefficient (Wildman–Crippen LogP) is 5.55. The molecular formula is C18H17FN2S. The van der Waals surface area contributed by atoms with Crippen LogP contribution in [0, 0.1) is 6.92 Å². The van der Waals surface area contributed by atoms with Crippen LogP contribution in [0.4, 0.5) is 4.39 Å². The highest BCUT2D eigenvalue weighted by Gasteiger charge is 2.16. The third-order valence-corrected chi connectivity index (χ3v) is 4.31. The molecular weight excluding hydrogens is 295 g/mol. The fourth-order valence-electron chi connectivity index (χ4n) is 2.38. The minimum atomic E-state index is -0.310. The molecule has 0 aliphatic carbocycles. The van der Waals surface area contributed by atoms with Crippen LogP contribution in [-0.4, -0.2) is 9.88 Å². The van der Waals surface area contributed by atoms with E-state index in [2.05, 4.69) is 17.6 Å². The topological polar surface area (TPSA) is 16.1 Å². The van der Waals surface area contributed by atoms with E-state index in [-0.39, 0.29) is 5.83 Å². The van der Waals surface area contributed by atoms with Crippen molar-refractivity contribution < 1.29 is 4.39 Å². The quantitative estimate of drug-likeness (QED) is 0.722. The Bertz CT molecular complexity index is 851. The summed E-state index contributed by atoms with van der Waals surface area (Å²) in [6.07, 6.45) is 5.32. The summed E-state index contributed by atoms with van der Waals surface area (Å²) < 4.78 is 15.3. The van der Waals surface area contributed by atoms with Gasteiger partial charge < -0.3 is 4.90 Å². The minimum absolute atomic E-state index is 0.310. The second-order valence-corrected chi connectivity index (χ2v) is 6.79. The van der Waals surface area contributed by atoms with Crippen LogP contribution in [0.5, 0.6) is 0 Å². The first kappa shape index (κ1) is 14.7. The van der Waals surface area contributed by atoms with E-state index in [1.807, 2.05) is 45.3 Å². The lowest BCUT2D eigenvalue weighted by atomic mass is 10.0. The van der Waals surface area contributed by atoms with Gasteiger partial charge in [0.25, 0.3) is 0 Å². The average Bonchev–Trinajstić information content (AvgIpc) is 2.82. The summed E-state index contributed by atoms with van der Waals surface area (Å²) in [5.41, 5.74) is 4.23. The number of nitrogens with zero attached hydrogens (tertiary/aromatic N) is 2. The number of hydrogen-bond donors (Lipinski definition) is 0. The van der Waals surface area contributed by atoms with Gasteiger partial charge in [0.15, 0.2) is 0 Å². The summed E-state index contributed by atoms with van der Waals surface area (Å²) in [6.45, 7) is 9.74. The van der Waals surface area contributed by atoms with Crippen LogP contribution in [-0.2, 0) is 0 Å². The highest BCUT2D eigenvalue weighted by atomic mass is 32.1. The first-order valence-electron chi connectivity index (χ1n) is 7.03. The van der Waals surface area contributed by atoms with Crippen molar-refractivity contribution in [2.24, 2.45) is 0 Å². The van der Waals surface area contributed by atoms with Gasteiger partial charge in [0.1, 0.15) is 5.83 Å². The molecule has 0 saturated carbocycles. The molecule has 0 atom stereocenters. The van der Waals surface area contributed by atoms with Gasteiger partial charge in [0.05, 0.1) is 20.9 Å². The number of benzene rings is 1.